The van der Waals surface area contributed by atoms with Gasteiger partial charge >= 0.3 is 6.18 Å². The van der Waals surface area contributed by atoms with E-state index >= 15 is 0 Å². The molecule has 2 N–H and O–H groups in total. The van der Waals surface area contributed by atoms with Crippen LogP contribution in [0.1, 0.15) is 52.7 Å². The molecule has 48 heavy (non-hydrogen) atoms. The summed E-state index contributed by atoms with van der Waals surface area (Å²) in [6.07, 6.45) is 6.01. The third-order valence-corrected chi connectivity index (χ3v) is 8.15. The Kier molecular flexibility index (Phi) is 8.09. The van der Waals surface area contributed by atoms with Crippen molar-refractivity contribution in [3.8, 4) is 16.9 Å². The normalized spacial score (nSPS) is 15.1. The minimum atomic E-state index is -4.65. The van der Waals surface area contributed by atoms with E-state index in [9.17, 15) is 18.0 Å². The summed E-state index contributed by atoms with van der Waals surface area (Å²) in [5.41, 5.74) is 4.06. The molecular formula is C34H30F3N9O2. The highest BCUT2D eigenvalue weighted by Gasteiger charge is 2.32. The van der Waals surface area contributed by atoms with Crippen LogP contribution >= 0.6 is 0 Å². The predicted octanol–water partition coefficient (Wildman–Crippen LogP) is 7.40. The van der Waals surface area contributed by atoms with Crippen LogP contribution in [0.3, 0.4) is 0 Å². The van der Waals surface area contributed by atoms with Gasteiger partial charge < -0.3 is 19.9 Å². The van der Waals surface area contributed by atoms with Crippen molar-refractivity contribution in [2.45, 2.75) is 45.5 Å². The minimum Gasteiger partial charge on any atom is -0.358 e. The number of carbonyl (C=O) groups excluding carboxylic acids is 1. The summed E-state index contributed by atoms with van der Waals surface area (Å²) < 4.78 is 50.7. The summed E-state index contributed by atoms with van der Waals surface area (Å²) in [4.78, 5) is 35.7. The molecule has 1 fully saturated rings. The van der Waals surface area contributed by atoms with Gasteiger partial charge in [0, 0.05) is 47.2 Å². The number of nitrogens with zero attached hydrogens (tertiary/aromatic N) is 7. The lowest BCUT2D eigenvalue weighted by Gasteiger charge is -2.23. The van der Waals surface area contributed by atoms with Gasteiger partial charge in [0.05, 0.1) is 23.9 Å². The van der Waals surface area contributed by atoms with Gasteiger partial charge in [-0.2, -0.15) is 13.2 Å². The summed E-state index contributed by atoms with van der Waals surface area (Å²) >= 11 is 0. The van der Waals surface area contributed by atoms with Crippen LogP contribution in [0.4, 0.5) is 30.4 Å². The summed E-state index contributed by atoms with van der Waals surface area (Å²) in [6.45, 7) is 4.30. The molecule has 14 heteroatoms. The Labute approximate surface area is 272 Å². The van der Waals surface area contributed by atoms with Crippen LogP contribution in [0, 0.1) is 13.8 Å². The second kappa shape index (κ2) is 12.5. The van der Waals surface area contributed by atoms with Gasteiger partial charge in [-0.1, -0.05) is 6.07 Å². The number of anilines is 3. The quantitative estimate of drug-likeness (QED) is 0.183. The summed E-state index contributed by atoms with van der Waals surface area (Å²) in [7, 11) is 0. The fourth-order valence-electron chi connectivity index (χ4n) is 5.68. The van der Waals surface area contributed by atoms with Crippen molar-refractivity contribution in [3.63, 3.8) is 0 Å². The maximum absolute atomic E-state index is 13.8. The number of carbonyl (C=O) groups is 1. The first kappa shape index (κ1) is 31.0. The smallest absolute Gasteiger partial charge is 0.358 e. The Hall–Kier alpha value is -5.63. The zero-order valence-corrected chi connectivity index (χ0v) is 26.0. The predicted molar refractivity (Wildman–Crippen MR) is 173 cm³/mol. The lowest BCUT2D eigenvalue weighted by atomic mass is 10.1. The number of aryl methyl sites for hydroxylation is 2. The average molecular weight is 654 g/mol. The first-order valence-corrected chi connectivity index (χ1v) is 15.3. The molecule has 0 spiro atoms. The molecule has 11 nitrogen and oxygen atoms in total. The van der Waals surface area contributed by atoms with E-state index in [0.717, 1.165) is 37.0 Å². The average Bonchev–Trinajstić information content (AvgIpc) is 3.73. The summed E-state index contributed by atoms with van der Waals surface area (Å²) in [5, 5.41) is 6.09. The van der Waals surface area contributed by atoms with Crippen LogP contribution < -0.4 is 10.6 Å². The molecule has 2 aromatic carbocycles. The molecular weight excluding hydrogens is 623 g/mol. The number of halogens is 3. The van der Waals surface area contributed by atoms with Crippen molar-refractivity contribution in [2.75, 3.05) is 17.2 Å². The van der Waals surface area contributed by atoms with Crippen LogP contribution in [-0.2, 0) is 10.9 Å². The van der Waals surface area contributed by atoms with E-state index in [4.69, 9.17) is 4.74 Å². The van der Waals surface area contributed by atoms with E-state index in [0.29, 0.717) is 51.9 Å². The lowest BCUT2D eigenvalue weighted by molar-refractivity contribution is -0.137. The van der Waals surface area contributed by atoms with E-state index in [-0.39, 0.29) is 17.5 Å². The van der Waals surface area contributed by atoms with Gasteiger partial charge in [0.15, 0.2) is 5.65 Å². The van der Waals surface area contributed by atoms with Gasteiger partial charge in [0.1, 0.15) is 29.6 Å². The Morgan fingerprint density at radius 3 is 2.62 bits per heavy atom. The van der Waals surface area contributed by atoms with Crippen LogP contribution in [0.15, 0.2) is 79.9 Å². The van der Waals surface area contributed by atoms with E-state index in [1.165, 1.54) is 23.3 Å². The largest absolute Gasteiger partial charge is 0.416 e. The second-order valence-corrected chi connectivity index (χ2v) is 11.6. The standard InChI is InChI=1S/C34H30F3N9O2/c1-20-8-9-24(43-33(47)22-12-23(34(35,36)37)14-25(13-22)45-16-21(2)41-18-45)15-27(20)44-31-26(6-5-10-38-31)29-30-32(40-17-39-29)46(19-42-30)28-7-3-4-11-48-28/h5-6,8-10,12-19,28H,3-4,7,11H2,1-2H3,(H,38,44)(H,43,47). The van der Waals surface area contributed by atoms with Gasteiger partial charge in [0.2, 0.25) is 0 Å². The molecule has 0 aliphatic carbocycles. The summed E-state index contributed by atoms with van der Waals surface area (Å²) in [6, 6.07) is 12.1. The monoisotopic (exact) mass is 653 g/mol. The van der Waals surface area contributed by atoms with E-state index in [2.05, 4.69) is 35.6 Å². The highest BCUT2D eigenvalue weighted by atomic mass is 19.4. The second-order valence-electron chi connectivity index (χ2n) is 11.6. The molecule has 7 rings (SSSR count). The number of hydrogen-bond acceptors (Lipinski definition) is 8. The van der Waals surface area contributed by atoms with Gasteiger partial charge in [-0.25, -0.2) is 24.9 Å². The van der Waals surface area contributed by atoms with Crippen molar-refractivity contribution in [3.05, 3.63) is 102 Å². The highest BCUT2D eigenvalue weighted by molar-refractivity contribution is 6.05. The van der Waals surface area contributed by atoms with Crippen molar-refractivity contribution >= 4 is 34.3 Å². The molecule has 6 aromatic rings. The molecule has 1 amide bonds. The van der Waals surface area contributed by atoms with Crippen LogP contribution in [0.2, 0.25) is 0 Å². The number of pyridine rings is 1. The number of rotatable bonds is 7. The molecule has 1 atom stereocenters. The fraction of sp³-hybridized carbons (Fsp3) is 0.235. The van der Waals surface area contributed by atoms with Gasteiger partial charge in [-0.3, -0.25) is 9.36 Å². The highest BCUT2D eigenvalue weighted by Crippen LogP contribution is 2.35. The number of nitrogens with one attached hydrogen (secondary N) is 2. The third kappa shape index (κ3) is 6.21. The molecule has 5 heterocycles. The topological polar surface area (TPSA) is 125 Å². The maximum atomic E-state index is 13.8. The number of aromatic nitrogens is 7. The molecule has 0 bridgehead atoms. The summed E-state index contributed by atoms with van der Waals surface area (Å²) in [5.74, 6) is -0.209. The molecule has 0 radical (unpaired) electrons. The third-order valence-electron chi connectivity index (χ3n) is 8.15. The Morgan fingerprint density at radius 2 is 1.85 bits per heavy atom. The van der Waals surface area contributed by atoms with Crippen LogP contribution in [0.5, 0.6) is 0 Å². The number of ether oxygens (including phenoxy) is 1. The molecule has 1 aliphatic rings. The molecule has 1 unspecified atom stereocenters. The fourth-order valence-corrected chi connectivity index (χ4v) is 5.68. The van der Waals surface area contributed by atoms with Crippen molar-refractivity contribution < 1.29 is 22.7 Å². The number of amides is 1. The molecule has 244 valence electrons. The molecule has 1 aliphatic heterocycles. The lowest BCUT2D eigenvalue weighted by Crippen LogP contribution is -2.17. The zero-order valence-electron chi connectivity index (χ0n) is 26.0. The number of imidazole rings is 2. The van der Waals surface area contributed by atoms with Crippen LogP contribution in [-0.4, -0.2) is 46.6 Å². The Balaban J connectivity index is 1.18. The van der Waals surface area contributed by atoms with Crippen molar-refractivity contribution in [2.24, 2.45) is 0 Å². The minimum absolute atomic E-state index is 0.142. The van der Waals surface area contributed by atoms with Gasteiger partial charge in [0.25, 0.3) is 5.91 Å². The Bertz CT molecular complexity index is 2130. The van der Waals surface area contributed by atoms with Crippen molar-refractivity contribution in [1.82, 2.24) is 34.1 Å². The van der Waals surface area contributed by atoms with E-state index in [1.807, 2.05) is 17.6 Å². The first-order chi connectivity index (χ1) is 23.1. The zero-order chi connectivity index (χ0) is 33.4. The van der Waals surface area contributed by atoms with Gasteiger partial charge in [-0.05, 0) is 81.1 Å². The number of alkyl halides is 3. The van der Waals surface area contributed by atoms with Gasteiger partial charge in [-0.15, -0.1) is 0 Å². The Morgan fingerprint density at radius 1 is 0.979 bits per heavy atom. The molecule has 0 saturated carbocycles. The molecule has 1 saturated heterocycles. The van der Waals surface area contributed by atoms with E-state index < -0.39 is 17.6 Å². The van der Waals surface area contributed by atoms with E-state index in [1.54, 1.807) is 49.9 Å². The number of fused-ring (bicyclic) bond motifs is 1. The maximum Gasteiger partial charge on any atom is 0.416 e. The van der Waals surface area contributed by atoms with Crippen molar-refractivity contribution in [1.29, 1.82) is 0 Å². The molecule has 4 aromatic heterocycles. The SMILES string of the molecule is Cc1cn(-c2cc(C(=O)Nc3ccc(C)c(Nc4ncccc4-c4ncnc5c4ncn5C4CCCCO4)c3)cc(C(F)(F)F)c2)cn1. The number of hydrogen-bond donors (Lipinski definition) is 2. The van der Waals surface area contributed by atoms with Crippen LogP contribution in [0.25, 0.3) is 28.1 Å². The first-order valence-electron chi connectivity index (χ1n) is 15.3. The number of benzene rings is 2.